The predicted octanol–water partition coefficient (Wildman–Crippen LogP) is 2.71. The van der Waals surface area contributed by atoms with Crippen LogP contribution in [-0.2, 0) is 9.22 Å². The van der Waals surface area contributed by atoms with Crippen molar-refractivity contribution in [3.05, 3.63) is 29.8 Å². The first-order valence-corrected chi connectivity index (χ1v) is 12.4. The largest absolute Gasteiger partial charge is 0.373 e. The molecule has 1 aromatic heterocycles. The van der Waals surface area contributed by atoms with Crippen molar-refractivity contribution in [3.8, 4) is 0 Å². The van der Waals surface area contributed by atoms with Gasteiger partial charge in [0, 0.05) is 61.3 Å². The molecule has 0 aliphatic carbocycles. The number of fused-ring (bicyclic) bond motifs is 1. The zero-order valence-electron chi connectivity index (χ0n) is 17.8. The second-order valence-electron chi connectivity index (χ2n) is 8.02. The van der Waals surface area contributed by atoms with Crippen LogP contribution in [0.5, 0.6) is 0 Å². The first-order chi connectivity index (χ1) is 15.1. The number of piperazine rings is 1. The fourth-order valence-electron chi connectivity index (χ4n) is 4.20. The molecule has 166 valence electrons. The third kappa shape index (κ3) is 4.97. The third-order valence-electron chi connectivity index (χ3n) is 6.00. The lowest BCUT2D eigenvalue weighted by Gasteiger charge is -2.37. The molecule has 2 aliphatic heterocycles. The number of hydrogen-bond acceptors (Lipinski definition) is 5. The molecule has 0 spiro atoms. The normalized spacial score (nSPS) is 19.7. The molecule has 0 radical (unpaired) electrons. The summed E-state index contributed by atoms with van der Waals surface area (Å²) in [6.07, 6.45) is 2.61. The first kappa shape index (κ1) is 21.9. The highest BCUT2D eigenvalue weighted by Gasteiger charge is 2.27. The Hall–Kier alpha value is -2.30. The minimum atomic E-state index is -0.428. The number of amides is 3. The molecule has 2 saturated heterocycles. The number of halogens is 1. The highest BCUT2D eigenvalue weighted by atomic mass is 127. The maximum absolute atomic E-state index is 12.7. The van der Waals surface area contributed by atoms with Crippen molar-refractivity contribution in [3.63, 3.8) is 0 Å². The monoisotopic (exact) mass is 536 g/mol. The van der Waals surface area contributed by atoms with Gasteiger partial charge in [-0.3, -0.25) is 4.79 Å². The number of carbonyl (C=O) groups is 2. The number of urea groups is 1. The molecule has 2 aliphatic rings. The van der Waals surface area contributed by atoms with Gasteiger partial charge >= 0.3 is 6.03 Å². The number of hydrogen-bond donors (Lipinski definition) is 3. The summed E-state index contributed by atoms with van der Waals surface area (Å²) in [5.41, 5.74) is 3.37. The van der Waals surface area contributed by atoms with E-state index in [1.54, 1.807) is 0 Å². The number of nitrogens with one attached hydrogen (secondary N) is 3. The van der Waals surface area contributed by atoms with Crippen LogP contribution in [0.4, 0.5) is 16.3 Å². The van der Waals surface area contributed by atoms with Gasteiger partial charge in [0.05, 0.1) is 5.52 Å². The molecule has 2 aromatic rings. The lowest BCUT2D eigenvalue weighted by Crippen LogP contribution is -2.55. The van der Waals surface area contributed by atoms with E-state index in [9.17, 15) is 9.59 Å². The van der Waals surface area contributed by atoms with Crippen LogP contribution < -0.4 is 20.9 Å². The van der Waals surface area contributed by atoms with Crippen LogP contribution in [0, 0.1) is 0 Å². The summed E-state index contributed by atoms with van der Waals surface area (Å²) in [4.78, 5) is 33.7. The van der Waals surface area contributed by atoms with Gasteiger partial charge in [-0.1, -0.05) is 34.7 Å². The van der Waals surface area contributed by atoms with Crippen LogP contribution in [0.25, 0.3) is 10.9 Å². The van der Waals surface area contributed by atoms with Crippen LogP contribution in [0.1, 0.15) is 24.8 Å². The van der Waals surface area contributed by atoms with Gasteiger partial charge in [-0.25, -0.2) is 9.78 Å². The highest BCUT2D eigenvalue weighted by Crippen LogP contribution is 2.30. The summed E-state index contributed by atoms with van der Waals surface area (Å²) >= 11 is 2.36. The summed E-state index contributed by atoms with van der Waals surface area (Å²) in [5.74, 6) is 0.769. The Balaban J connectivity index is 1.45. The molecule has 0 bridgehead atoms. The van der Waals surface area contributed by atoms with Crippen LogP contribution in [0.3, 0.4) is 0 Å². The number of carbonyl (C=O) groups excluding carboxylic acids is 2. The molecule has 4 rings (SSSR count). The number of rotatable bonds is 4. The van der Waals surface area contributed by atoms with Crippen molar-refractivity contribution >= 4 is 56.9 Å². The predicted molar refractivity (Wildman–Crippen MR) is 132 cm³/mol. The number of pyridine rings is 1. The standard InChI is InChI=1S/C22H29IN6O2/c1-24-20-13-19(16-6-5-15(14-23)12-18(16)26-20)28-8-10-29(11-9-28)22(31)27-17-4-2-3-7-25-21(17)30/h5-6,12-13,17H,2-4,7-11,14H2,1H3,(H,24,26)(H,25,30)(H,27,31)/t17-/m0/s1. The van der Waals surface area contributed by atoms with Gasteiger partial charge in [-0.2, -0.15) is 0 Å². The molecule has 0 unspecified atom stereocenters. The lowest BCUT2D eigenvalue weighted by atomic mass is 10.1. The van der Waals surface area contributed by atoms with E-state index in [4.69, 9.17) is 4.98 Å². The third-order valence-corrected chi connectivity index (χ3v) is 6.88. The topological polar surface area (TPSA) is 89.6 Å². The molecule has 2 fully saturated rings. The molecule has 9 heteroatoms. The number of alkyl halides is 1. The fourth-order valence-corrected chi connectivity index (χ4v) is 4.67. The van der Waals surface area contributed by atoms with Crippen molar-refractivity contribution in [2.75, 3.05) is 50.0 Å². The molecular weight excluding hydrogens is 507 g/mol. The molecule has 0 saturated carbocycles. The van der Waals surface area contributed by atoms with E-state index in [0.717, 1.165) is 52.8 Å². The minimum Gasteiger partial charge on any atom is -0.373 e. The van der Waals surface area contributed by atoms with Crippen molar-refractivity contribution in [1.29, 1.82) is 0 Å². The van der Waals surface area contributed by atoms with E-state index in [1.165, 1.54) is 5.56 Å². The van der Waals surface area contributed by atoms with Crippen molar-refractivity contribution in [1.82, 2.24) is 20.5 Å². The Morgan fingerprint density at radius 1 is 1.23 bits per heavy atom. The van der Waals surface area contributed by atoms with Gasteiger partial charge in [-0.15, -0.1) is 0 Å². The van der Waals surface area contributed by atoms with Gasteiger partial charge in [-0.05, 0) is 30.9 Å². The first-order valence-electron chi connectivity index (χ1n) is 10.8. The maximum atomic E-state index is 12.7. The van der Waals surface area contributed by atoms with Gasteiger partial charge in [0.25, 0.3) is 0 Å². The van der Waals surface area contributed by atoms with Gasteiger partial charge in [0.1, 0.15) is 11.9 Å². The van der Waals surface area contributed by atoms with Crippen LogP contribution in [0.2, 0.25) is 0 Å². The molecule has 1 atom stereocenters. The average molecular weight is 536 g/mol. The Morgan fingerprint density at radius 2 is 2.03 bits per heavy atom. The second kappa shape index (κ2) is 9.88. The summed E-state index contributed by atoms with van der Waals surface area (Å²) in [5, 5.41) is 10.1. The summed E-state index contributed by atoms with van der Waals surface area (Å²) in [7, 11) is 1.88. The van der Waals surface area contributed by atoms with Gasteiger partial charge in [0.2, 0.25) is 5.91 Å². The van der Waals surface area contributed by atoms with Gasteiger partial charge < -0.3 is 25.8 Å². The fraction of sp³-hybridized carbons (Fsp3) is 0.500. The van der Waals surface area contributed by atoms with E-state index < -0.39 is 6.04 Å². The maximum Gasteiger partial charge on any atom is 0.318 e. The number of benzene rings is 1. The summed E-state index contributed by atoms with van der Waals surface area (Å²) < 4.78 is 0.946. The van der Waals surface area contributed by atoms with Crippen LogP contribution in [0.15, 0.2) is 24.3 Å². The summed E-state index contributed by atoms with van der Waals surface area (Å²) in [6.45, 7) is 3.40. The Morgan fingerprint density at radius 3 is 2.77 bits per heavy atom. The summed E-state index contributed by atoms with van der Waals surface area (Å²) in [6, 6.07) is 7.95. The molecule has 3 N–H and O–H groups in total. The number of anilines is 2. The van der Waals surface area contributed by atoms with Crippen LogP contribution >= 0.6 is 22.6 Å². The molecule has 8 nitrogen and oxygen atoms in total. The van der Waals surface area contributed by atoms with E-state index in [2.05, 4.69) is 67.7 Å². The highest BCUT2D eigenvalue weighted by molar-refractivity contribution is 14.1. The van der Waals surface area contributed by atoms with E-state index in [1.807, 2.05) is 11.9 Å². The molecule has 1 aromatic carbocycles. The van der Waals surface area contributed by atoms with Crippen molar-refractivity contribution in [2.45, 2.75) is 29.7 Å². The SMILES string of the molecule is CNc1cc(N2CCN(C(=O)N[C@H]3CCCCNC3=O)CC2)c2ccc(CI)cc2n1. The Kier molecular flexibility index (Phi) is 6.99. The average Bonchev–Trinajstić information content (AvgIpc) is 3.01. The minimum absolute atomic E-state index is 0.0711. The second-order valence-corrected chi connectivity index (χ2v) is 8.79. The van der Waals surface area contributed by atoms with Crippen molar-refractivity contribution < 1.29 is 9.59 Å². The zero-order chi connectivity index (χ0) is 21.8. The Bertz CT molecular complexity index is 955. The van der Waals surface area contributed by atoms with Crippen LogP contribution in [-0.4, -0.2) is 67.6 Å². The lowest BCUT2D eigenvalue weighted by molar-refractivity contribution is -0.122. The zero-order valence-corrected chi connectivity index (χ0v) is 19.9. The van der Waals surface area contributed by atoms with E-state index >= 15 is 0 Å². The van der Waals surface area contributed by atoms with Crippen molar-refractivity contribution in [2.24, 2.45) is 0 Å². The van der Waals surface area contributed by atoms with E-state index in [-0.39, 0.29) is 11.9 Å². The number of aromatic nitrogens is 1. The smallest absolute Gasteiger partial charge is 0.318 e. The molecule has 3 heterocycles. The van der Waals surface area contributed by atoms with E-state index in [0.29, 0.717) is 26.1 Å². The molecular formula is C22H29IN6O2. The molecule has 31 heavy (non-hydrogen) atoms. The quantitative estimate of drug-likeness (QED) is 0.413. The Labute approximate surface area is 196 Å². The number of nitrogens with zero attached hydrogens (tertiary/aromatic N) is 3. The molecule has 3 amide bonds. The van der Waals surface area contributed by atoms with Gasteiger partial charge in [0.15, 0.2) is 0 Å².